The van der Waals surface area contributed by atoms with Crippen LogP contribution in [0.2, 0.25) is 0 Å². The lowest BCUT2D eigenvalue weighted by atomic mass is 9.95. The first-order valence-corrected chi connectivity index (χ1v) is 6.82. The molecular formula is C14H18ClN3. The smallest absolute Gasteiger partial charge is 0.223 e. The molecule has 0 unspecified atom stereocenters. The number of halogens is 1. The molecule has 0 aliphatic rings. The predicted molar refractivity (Wildman–Crippen MR) is 77.2 cm³/mol. The molecule has 0 aliphatic heterocycles. The third kappa shape index (κ3) is 2.56. The quantitative estimate of drug-likeness (QED) is 0.833. The van der Waals surface area contributed by atoms with Crippen molar-refractivity contribution < 1.29 is 0 Å². The molecule has 96 valence electrons. The number of alkyl halides is 1. The molecule has 18 heavy (non-hydrogen) atoms. The van der Waals surface area contributed by atoms with E-state index in [-0.39, 0.29) is 5.54 Å². The van der Waals surface area contributed by atoms with Crippen molar-refractivity contribution in [1.82, 2.24) is 9.97 Å². The van der Waals surface area contributed by atoms with E-state index in [0.717, 1.165) is 23.7 Å². The largest absolute Gasteiger partial charge is 0.348 e. The number of aromatic nitrogens is 2. The molecule has 2 rings (SSSR count). The van der Waals surface area contributed by atoms with Crippen LogP contribution in [0.15, 0.2) is 30.5 Å². The normalized spacial score (nSPS) is 11.7. The molecule has 2 aromatic rings. The van der Waals surface area contributed by atoms with E-state index >= 15 is 0 Å². The standard InChI is InChI=1S/C14H18ClN3/c1-3-14(4-2,10-15)18-13-16-9-11-7-5-6-8-12(11)17-13/h5-9H,3-4,10H2,1-2H3,(H,16,17,18). The third-order valence-corrected chi connectivity index (χ3v) is 3.99. The Morgan fingerprint density at radius 3 is 2.61 bits per heavy atom. The van der Waals surface area contributed by atoms with Crippen LogP contribution in [-0.4, -0.2) is 21.4 Å². The molecule has 3 nitrogen and oxygen atoms in total. The molecule has 1 aromatic carbocycles. The zero-order chi connectivity index (χ0) is 13.0. The van der Waals surface area contributed by atoms with Gasteiger partial charge in [0.25, 0.3) is 0 Å². The van der Waals surface area contributed by atoms with E-state index < -0.39 is 0 Å². The summed E-state index contributed by atoms with van der Waals surface area (Å²) in [5.74, 6) is 1.20. The van der Waals surface area contributed by atoms with Crippen molar-refractivity contribution in [2.24, 2.45) is 0 Å². The first kappa shape index (κ1) is 13.1. The van der Waals surface area contributed by atoms with Gasteiger partial charge in [0.15, 0.2) is 0 Å². The maximum atomic E-state index is 6.07. The van der Waals surface area contributed by atoms with Crippen LogP contribution in [0, 0.1) is 0 Å². The highest BCUT2D eigenvalue weighted by molar-refractivity contribution is 6.18. The summed E-state index contributed by atoms with van der Waals surface area (Å²) in [6, 6.07) is 7.96. The van der Waals surface area contributed by atoms with Crippen molar-refractivity contribution in [1.29, 1.82) is 0 Å². The Kier molecular flexibility index (Phi) is 4.02. The Hall–Kier alpha value is -1.35. The molecule has 4 heteroatoms. The lowest BCUT2D eigenvalue weighted by Gasteiger charge is -2.30. The number of fused-ring (bicyclic) bond motifs is 1. The molecule has 1 aromatic heterocycles. The molecule has 0 saturated carbocycles. The van der Waals surface area contributed by atoms with Crippen molar-refractivity contribution in [2.45, 2.75) is 32.2 Å². The van der Waals surface area contributed by atoms with E-state index in [1.807, 2.05) is 30.5 Å². The van der Waals surface area contributed by atoms with Gasteiger partial charge < -0.3 is 5.32 Å². The summed E-state index contributed by atoms with van der Waals surface area (Å²) in [7, 11) is 0. The monoisotopic (exact) mass is 263 g/mol. The van der Waals surface area contributed by atoms with Gasteiger partial charge >= 0.3 is 0 Å². The van der Waals surface area contributed by atoms with Gasteiger partial charge in [0, 0.05) is 17.5 Å². The molecule has 0 spiro atoms. The summed E-state index contributed by atoms with van der Waals surface area (Å²) in [4.78, 5) is 8.88. The number of hydrogen-bond donors (Lipinski definition) is 1. The lowest BCUT2D eigenvalue weighted by Crippen LogP contribution is -2.39. The van der Waals surface area contributed by atoms with E-state index in [9.17, 15) is 0 Å². The molecular weight excluding hydrogens is 246 g/mol. The third-order valence-electron chi connectivity index (χ3n) is 3.48. The van der Waals surface area contributed by atoms with E-state index in [4.69, 9.17) is 11.6 Å². The van der Waals surface area contributed by atoms with E-state index in [2.05, 4.69) is 29.1 Å². The second kappa shape index (κ2) is 5.53. The van der Waals surface area contributed by atoms with Crippen molar-refractivity contribution in [2.75, 3.05) is 11.2 Å². The summed E-state index contributed by atoms with van der Waals surface area (Å²) < 4.78 is 0. The number of benzene rings is 1. The molecule has 1 N–H and O–H groups in total. The number of nitrogens with one attached hydrogen (secondary N) is 1. The Bertz CT molecular complexity index is 515. The fourth-order valence-corrected chi connectivity index (χ4v) is 2.36. The maximum Gasteiger partial charge on any atom is 0.223 e. The molecule has 0 fully saturated rings. The fourth-order valence-electron chi connectivity index (χ4n) is 1.92. The van der Waals surface area contributed by atoms with Gasteiger partial charge in [-0.25, -0.2) is 9.97 Å². The predicted octanol–water partition coefficient (Wildman–Crippen LogP) is 3.84. The molecule has 0 amide bonds. The summed E-state index contributed by atoms with van der Waals surface area (Å²) in [5.41, 5.74) is 0.829. The van der Waals surface area contributed by atoms with Crippen molar-refractivity contribution in [3.8, 4) is 0 Å². The SMILES string of the molecule is CCC(CC)(CCl)Nc1ncc2ccccc2n1. The molecule has 0 bridgehead atoms. The first-order valence-electron chi connectivity index (χ1n) is 6.29. The summed E-state index contributed by atoms with van der Waals surface area (Å²) >= 11 is 6.07. The van der Waals surface area contributed by atoms with Crippen molar-refractivity contribution in [3.63, 3.8) is 0 Å². The van der Waals surface area contributed by atoms with Crippen molar-refractivity contribution >= 4 is 28.5 Å². The Morgan fingerprint density at radius 2 is 1.94 bits per heavy atom. The van der Waals surface area contributed by atoms with Crippen LogP contribution in [0.3, 0.4) is 0 Å². The number of anilines is 1. The van der Waals surface area contributed by atoms with Crippen LogP contribution >= 0.6 is 11.6 Å². The lowest BCUT2D eigenvalue weighted by molar-refractivity contribution is 0.481. The average molecular weight is 264 g/mol. The minimum absolute atomic E-state index is 0.121. The Morgan fingerprint density at radius 1 is 1.22 bits per heavy atom. The van der Waals surface area contributed by atoms with Gasteiger partial charge in [0.2, 0.25) is 5.95 Å². The van der Waals surface area contributed by atoms with Crippen LogP contribution in [0.25, 0.3) is 10.9 Å². The van der Waals surface area contributed by atoms with Crippen LogP contribution < -0.4 is 5.32 Å². The van der Waals surface area contributed by atoms with Gasteiger partial charge in [-0.05, 0) is 18.9 Å². The summed E-state index contributed by atoms with van der Waals surface area (Å²) in [5, 5.41) is 4.43. The highest BCUT2D eigenvalue weighted by Crippen LogP contribution is 2.22. The zero-order valence-corrected chi connectivity index (χ0v) is 11.5. The first-order chi connectivity index (χ1) is 8.73. The minimum atomic E-state index is -0.121. The minimum Gasteiger partial charge on any atom is -0.348 e. The van der Waals surface area contributed by atoms with Crippen LogP contribution in [0.1, 0.15) is 26.7 Å². The molecule has 1 heterocycles. The second-order valence-electron chi connectivity index (χ2n) is 4.50. The Balaban J connectivity index is 2.31. The van der Waals surface area contributed by atoms with Gasteiger partial charge in [-0.3, -0.25) is 0 Å². The Labute approximate surface area is 113 Å². The van der Waals surface area contributed by atoms with Gasteiger partial charge in [0.05, 0.1) is 11.1 Å². The maximum absolute atomic E-state index is 6.07. The van der Waals surface area contributed by atoms with Gasteiger partial charge in [-0.2, -0.15) is 0 Å². The summed E-state index contributed by atoms with van der Waals surface area (Å²) in [6.45, 7) is 4.25. The number of para-hydroxylation sites is 1. The van der Waals surface area contributed by atoms with Gasteiger partial charge in [-0.1, -0.05) is 32.0 Å². The fraction of sp³-hybridized carbons (Fsp3) is 0.429. The number of nitrogens with zero attached hydrogens (tertiary/aromatic N) is 2. The van der Waals surface area contributed by atoms with Crippen LogP contribution in [0.5, 0.6) is 0 Å². The van der Waals surface area contributed by atoms with Crippen LogP contribution in [0.4, 0.5) is 5.95 Å². The van der Waals surface area contributed by atoms with E-state index in [0.29, 0.717) is 11.8 Å². The van der Waals surface area contributed by atoms with Crippen molar-refractivity contribution in [3.05, 3.63) is 30.5 Å². The van der Waals surface area contributed by atoms with Gasteiger partial charge in [-0.15, -0.1) is 11.6 Å². The average Bonchev–Trinajstić information content (AvgIpc) is 2.45. The molecule has 0 radical (unpaired) electrons. The molecule has 0 aliphatic carbocycles. The van der Waals surface area contributed by atoms with Gasteiger partial charge in [0.1, 0.15) is 0 Å². The summed E-state index contributed by atoms with van der Waals surface area (Å²) in [6.07, 6.45) is 3.74. The topological polar surface area (TPSA) is 37.8 Å². The number of hydrogen-bond acceptors (Lipinski definition) is 3. The molecule has 0 atom stereocenters. The van der Waals surface area contributed by atoms with E-state index in [1.54, 1.807) is 0 Å². The zero-order valence-electron chi connectivity index (χ0n) is 10.8. The van der Waals surface area contributed by atoms with Crippen LogP contribution in [-0.2, 0) is 0 Å². The second-order valence-corrected chi connectivity index (χ2v) is 4.77. The van der Waals surface area contributed by atoms with E-state index in [1.165, 1.54) is 0 Å². The highest BCUT2D eigenvalue weighted by Gasteiger charge is 2.25. The number of rotatable bonds is 5. The molecule has 0 saturated heterocycles. The highest BCUT2D eigenvalue weighted by atomic mass is 35.5.